The van der Waals surface area contributed by atoms with E-state index < -0.39 is 0 Å². The van der Waals surface area contributed by atoms with Crippen molar-refractivity contribution in [2.45, 2.75) is 6.92 Å². The summed E-state index contributed by atoms with van der Waals surface area (Å²) in [7, 11) is 0. The molecule has 0 aliphatic carbocycles. The van der Waals surface area contributed by atoms with E-state index in [1.54, 1.807) is 18.2 Å². The first-order valence-electron chi connectivity index (χ1n) is 5.97. The fourth-order valence-electron chi connectivity index (χ4n) is 1.75. The molecule has 0 spiro atoms. The zero-order valence-electron chi connectivity index (χ0n) is 10.7. The molecule has 0 unspecified atom stereocenters. The van der Waals surface area contributed by atoms with Crippen LogP contribution < -0.4 is 14.9 Å². The molecule has 1 aliphatic heterocycles. The molecule has 0 radical (unpaired) electrons. The molecule has 102 valence electrons. The minimum atomic E-state index is -0.369. The number of aryl methyl sites for hydroxylation is 1. The van der Waals surface area contributed by atoms with Gasteiger partial charge in [-0.3, -0.25) is 9.89 Å². The van der Waals surface area contributed by atoms with Crippen LogP contribution in [0.25, 0.3) is 0 Å². The number of nitrogens with one attached hydrogen (secondary N) is 2. The van der Waals surface area contributed by atoms with Gasteiger partial charge in [0.1, 0.15) is 0 Å². The van der Waals surface area contributed by atoms with E-state index in [2.05, 4.69) is 20.7 Å². The van der Waals surface area contributed by atoms with Crippen molar-refractivity contribution >= 4 is 12.1 Å². The monoisotopic (exact) mass is 272 g/mol. The molecule has 0 saturated heterocycles. The average Bonchev–Trinajstić information content (AvgIpc) is 3.06. The third-order valence-electron chi connectivity index (χ3n) is 2.71. The zero-order valence-corrected chi connectivity index (χ0v) is 10.7. The number of hydrogen-bond donors (Lipinski definition) is 2. The van der Waals surface area contributed by atoms with Gasteiger partial charge in [-0.15, -0.1) is 0 Å². The van der Waals surface area contributed by atoms with E-state index in [4.69, 9.17) is 9.47 Å². The number of carbonyl (C=O) groups is 1. The van der Waals surface area contributed by atoms with Crippen LogP contribution in [-0.4, -0.2) is 29.1 Å². The Morgan fingerprint density at radius 3 is 3.05 bits per heavy atom. The van der Waals surface area contributed by atoms with Crippen LogP contribution in [0.2, 0.25) is 0 Å². The third-order valence-corrected chi connectivity index (χ3v) is 2.71. The highest BCUT2D eigenvalue weighted by atomic mass is 16.7. The van der Waals surface area contributed by atoms with E-state index in [9.17, 15) is 4.79 Å². The SMILES string of the molecule is Cc1cc(C(=O)N/N=C/c2ccc3c(c2)OCO3)n[nH]1. The number of ether oxygens (including phenoxy) is 2. The van der Waals surface area contributed by atoms with Gasteiger partial charge in [-0.25, -0.2) is 5.43 Å². The van der Waals surface area contributed by atoms with Gasteiger partial charge in [0.2, 0.25) is 6.79 Å². The highest BCUT2D eigenvalue weighted by Crippen LogP contribution is 2.31. The summed E-state index contributed by atoms with van der Waals surface area (Å²) >= 11 is 0. The fraction of sp³-hybridized carbons (Fsp3) is 0.154. The van der Waals surface area contributed by atoms with Crippen molar-refractivity contribution in [1.82, 2.24) is 15.6 Å². The molecule has 7 heteroatoms. The van der Waals surface area contributed by atoms with Gasteiger partial charge < -0.3 is 9.47 Å². The second kappa shape index (κ2) is 5.04. The molecule has 0 fully saturated rings. The maximum Gasteiger partial charge on any atom is 0.291 e. The number of nitrogens with zero attached hydrogens (tertiary/aromatic N) is 2. The Bertz CT molecular complexity index is 678. The number of carbonyl (C=O) groups excluding carboxylic acids is 1. The van der Waals surface area contributed by atoms with Crippen molar-refractivity contribution in [2.75, 3.05) is 6.79 Å². The minimum Gasteiger partial charge on any atom is -0.454 e. The molecule has 0 atom stereocenters. The van der Waals surface area contributed by atoms with Gasteiger partial charge in [-0.05, 0) is 36.8 Å². The normalized spacial score (nSPS) is 12.8. The van der Waals surface area contributed by atoms with Crippen LogP contribution in [0.3, 0.4) is 0 Å². The van der Waals surface area contributed by atoms with Gasteiger partial charge in [0, 0.05) is 5.69 Å². The first-order valence-corrected chi connectivity index (χ1v) is 5.97. The molecule has 1 aliphatic rings. The fourth-order valence-corrected chi connectivity index (χ4v) is 1.75. The van der Waals surface area contributed by atoms with Crippen molar-refractivity contribution in [2.24, 2.45) is 5.10 Å². The summed E-state index contributed by atoms with van der Waals surface area (Å²) in [4.78, 5) is 11.7. The Kier molecular flexibility index (Phi) is 3.08. The molecule has 1 aromatic carbocycles. The molecule has 0 saturated carbocycles. The number of hydrazone groups is 1. The van der Waals surface area contributed by atoms with Crippen LogP contribution in [0.15, 0.2) is 29.4 Å². The number of aromatic nitrogens is 2. The summed E-state index contributed by atoms with van der Waals surface area (Å²) < 4.78 is 10.5. The number of hydrogen-bond acceptors (Lipinski definition) is 5. The van der Waals surface area contributed by atoms with Gasteiger partial charge in [0.05, 0.1) is 6.21 Å². The van der Waals surface area contributed by atoms with Crippen molar-refractivity contribution < 1.29 is 14.3 Å². The van der Waals surface area contributed by atoms with Crippen LogP contribution in [-0.2, 0) is 0 Å². The summed E-state index contributed by atoms with van der Waals surface area (Å²) in [5.41, 5.74) is 4.31. The Balaban J connectivity index is 1.64. The van der Waals surface area contributed by atoms with Crippen LogP contribution in [0.1, 0.15) is 21.7 Å². The van der Waals surface area contributed by atoms with Gasteiger partial charge >= 0.3 is 0 Å². The lowest BCUT2D eigenvalue weighted by Gasteiger charge is -1.98. The Morgan fingerprint density at radius 1 is 1.40 bits per heavy atom. The lowest BCUT2D eigenvalue weighted by atomic mass is 10.2. The number of rotatable bonds is 3. The largest absolute Gasteiger partial charge is 0.454 e. The molecule has 7 nitrogen and oxygen atoms in total. The topological polar surface area (TPSA) is 88.6 Å². The zero-order chi connectivity index (χ0) is 13.9. The first kappa shape index (κ1) is 12.2. The standard InChI is InChI=1S/C13H12N4O3/c1-8-4-10(16-15-8)13(18)17-14-6-9-2-3-11-12(5-9)20-7-19-11/h2-6H,7H2,1H3,(H,15,16)(H,17,18)/b14-6+. The van der Waals surface area contributed by atoms with Gasteiger partial charge in [-0.1, -0.05) is 0 Å². The molecule has 20 heavy (non-hydrogen) atoms. The average molecular weight is 272 g/mol. The number of benzene rings is 1. The van der Waals surface area contributed by atoms with Crippen LogP contribution >= 0.6 is 0 Å². The van der Waals surface area contributed by atoms with E-state index in [-0.39, 0.29) is 12.7 Å². The molecule has 2 heterocycles. The predicted molar refractivity (Wildman–Crippen MR) is 70.9 cm³/mol. The number of fused-ring (bicyclic) bond motifs is 1. The second-order valence-corrected chi connectivity index (χ2v) is 4.25. The Hall–Kier alpha value is -2.83. The van der Waals surface area contributed by atoms with E-state index in [0.29, 0.717) is 17.2 Å². The predicted octanol–water partition coefficient (Wildman–Crippen LogP) is 1.21. The van der Waals surface area contributed by atoms with E-state index >= 15 is 0 Å². The minimum absolute atomic E-state index is 0.227. The lowest BCUT2D eigenvalue weighted by Crippen LogP contribution is -2.17. The quantitative estimate of drug-likeness (QED) is 0.649. The first-order chi connectivity index (χ1) is 9.72. The third kappa shape index (κ3) is 2.46. The van der Waals surface area contributed by atoms with Crippen molar-refractivity contribution in [3.63, 3.8) is 0 Å². The molecular weight excluding hydrogens is 260 g/mol. The van der Waals surface area contributed by atoms with Crippen molar-refractivity contribution in [3.8, 4) is 11.5 Å². The molecule has 1 amide bonds. The van der Waals surface area contributed by atoms with Gasteiger partial charge in [0.25, 0.3) is 5.91 Å². The number of aromatic amines is 1. The molecule has 1 aromatic heterocycles. The smallest absolute Gasteiger partial charge is 0.291 e. The summed E-state index contributed by atoms with van der Waals surface area (Å²) in [6, 6.07) is 7.05. The van der Waals surface area contributed by atoms with E-state index in [1.807, 2.05) is 13.0 Å². The molecule has 2 aromatic rings. The van der Waals surface area contributed by atoms with Gasteiger partial charge in [0.15, 0.2) is 17.2 Å². The second-order valence-electron chi connectivity index (χ2n) is 4.25. The summed E-state index contributed by atoms with van der Waals surface area (Å²) in [6.07, 6.45) is 1.53. The van der Waals surface area contributed by atoms with Crippen molar-refractivity contribution in [3.05, 3.63) is 41.2 Å². The number of amides is 1. The lowest BCUT2D eigenvalue weighted by molar-refractivity contribution is 0.0950. The molecular formula is C13H12N4O3. The summed E-state index contributed by atoms with van der Waals surface area (Å²) in [5.74, 6) is 1.01. The molecule has 0 bridgehead atoms. The summed E-state index contributed by atoms with van der Waals surface area (Å²) in [5, 5.41) is 10.4. The Morgan fingerprint density at radius 2 is 2.25 bits per heavy atom. The van der Waals surface area contributed by atoms with Crippen LogP contribution in [0.4, 0.5) is 0 Å². The molecule has 3 rings (SSSR count). The van der Waals surface area contributed by atoms with Crippen LogP contribution in [0.5, 0.6) is 11.5 Å². The van der Waals surface area contributed by atoms with Crippen molar-refractivity contribution in [1.29, 1.82) is 0 Å². The Labute approximate surface area is 114 Å². The molecule has 2 N–H and O–H groups in total. The van der Waals surface area contributed by atoms with Gasteiger partial charge in [-0.2, -0.15) is 10.2 Å². The van der Waals surface area contributed by atoms with E-state index in [0.717, 1.165) is 11.3 Å². The maximum absolute atomic E-state index is 11.7. The summed E-state index contributed by atoms with van der Waals surface area (Å²) in [6.45, 7) is 2.05. The maximum atomic E-state index is 11.7. The highest BCUT2D eigenvalue weighted by molar-refractivity contribution is 5.93. The number of H-pyrrole nitrogens is 1. The highest BCUT2D eigenvalue weighted by Gasteiger charge is 2.12. The van der Waals surface area contributed by atoms with Crippen LogP contribution in [0, 0.1) is 6.92 Å². The van der Waals surface area contributed by atoms with E-state index in [1.165, 1.54) is 6.21 Å².